The molecular weight excluding hydrogens is 997 g/mol. The molecule has 81 heavy (non-hydrogen) atoms. The standard InChI is InChI=1S/C75H140O6/c1-4-7-10-13-16-18-20-22-24-26-28-30-32-33-34-35-36-37-38-39-40-41-42-44-45-47-49-51-53-55-57-59-62-65-68-74(77)80-71-72(70-79-73(76)67-64-61-15-12-9-6-3)81-75(78)69-66-63-60-58-56-54-52-50-48-46-43-31-29-27-25-23-21-19-17-14-11-8-5-2/h21,23,27,29,43,46,72H,4-20,22,24-26,28,30-42,44-45,47-71H2,1-3H3/b23-21-,29-27-,46-43-. The Kier molecular flexibility index (Phi) is 68.1. The normalized spacial score (nSPS) is 12.2. The van der Waals surface area contributed by atoms with Gasteiger partial charge < -0.3 is 14.2 Å². The fraction of sp³-hybridized carbons (Fsp3) is 0.880. The highest BCUT2D eigenvalue weighted by Crippen LogP contribution is 2.19. The summed E-state index contributed by atoms with van der Waals surface area (Å²) in [4.78, 5) is 38.1. The molecule has 0 saturated heterocycles. The first kappa shape index (κ1) is 78.6. The van der Waals surface area contributed by atoms with Gasteiger partial charge in [0.2, 0.25) is 0 Å². The minimum Gasteiger partial charge on any atom is -0.462 e. The number of esters is 3. The van der Waals surface area contributed by atoms with Crippen LogP contribution in [0, 0.1) is 0 Å². The lowest BCUT2D eigenvalue weighted by Gasteiger charge is -2.18. The Labute approximate surface area is 506 Å². The Morgan fingerprint density at radius 1 is 0.247 bits per heavy atom. The predicted molar refractivity (Wildman–Crippen MR) is 353 cm³/mol. The quantitative estimate of drug-likeness (QED) is 0.0261. The number of carbonyl (C=O) groups is 3. The van der Waals surface area contributed by atoms with Crippen LogP contribution in [0.3, 0.4) is 0 Å². The van der Waals surface area contributed by atoms with Gasteiger partial charge in [0, 0.05) is 19.3 Å². The van der Waals surface area contributed by atoms with Gasteiger partial charge in [-0.15, -0.1) is 0 Å². The number of hydrogen-bond acceptors (Lipinski definition) is 6. The molecule has 0 aromatic carbocycles. The molecule has 0 amide bonds. The molecule has 1 atom stereocenters. The molecule has 1 unspecified atom stereocenters. The highest BCUT2D eigenvalue weighted by molar-refractivity contribution is 5.71. The van der Waals surface area contributed by atoms with Gasteiger partial charge in [-0.05, 0) is 57.8 Å². The van der Waals surface area contributed by atoms with Crippen molar-refractivity contribution in [1.29, 1.82) is 0 Å². The number of hydrogen-bond donors (Lipinski definition) is 0. The van der Waals surface area contributed by atoms with Crippen LogP contribution < -0.4 is 0 Å². The lowest BCUT2D eigenvalue weighted by atomic mass is 10.0. The third kappa shape index (κ3) is 68.3. The van der Waals surface area contributed by atoms with Gasteiger partial charge in [-0.3, -0.25) is 14.4 Å². The van der Waals surface area contributed by atoms with E-state index in [1.54, 1.807) is 0 Å². The van der Waals surface area contributed by atoms with Crippen molar-refractivity contribution >= 4 is 17.9 Å². The highest BCUT2D eigenvalue weighted by Gasteiger charge is 2.19. The lowest BCUT2D eigenvalue weighted by molar-refractivity contribution is -0.167. The highest BCUT2D eigenvalue weighted by atomic mass is 16.6. The maximum Gasteiger partial charge on any atom is 0.306 e. The molecule has 0 saturated carbocycles. The van der Waals surface area contributed by atoms with Crippen molar-refractivity contribution in [2.45, 2.75) is 412 Å². The fourth-order valence-corrected chi connectivity index (χ4v) is 11.2. The molecule has 0 heterocycles. The Morgan fingerprint density at radius 2 is 0.444 bits per heavy atom. The monoisotopic (exact) mass is 1140 g/mol. The van der Waals surface area contributed by atoms with Crippen LogP contribution in [-0.2, 0) is 28.6 Å². The number of unbranched alkanes of at least 4 members (excludes halogenated alkanes) is 51. The summed E-state index contributed by atoms with van der Waals surface area (Å²) < 4.78 is 16.9. The van der Waals surface area contributed by atoms with Crippen LogP contribution in [0.2, 0.25) is 0 Å². The molecule has 0 fully saturated rings. The third-order valence-corrected chi connectivity index (χ3v) is 16.6. The smallest absolute Gasteiger partial charge is 0.306 e. The first-order valence-electron chi connectivity index (χ1n) is 36.5. The largest absolute Gasteiger partial charge is 0.462 e. The van der Waals surface area contributed by atoms with Crippen LogP contribution in [0.15, 0.2) is 36.5 Å². The van der Waals surface area contributed by atoms with E-state index in [1.807, 2.05) is 0 Å². The zero-order valence-electron chi connectivity index (χ0n) is 54.8. The van der Waals surface area contributed by atoms with E-state index in [0.29, 0.717) is 19.3 Å². The molecule has 0 aromatic heterocycles. The van der Waals surface area contributed by atoms with Crippen LogP contribution in [0.25, 0.3) is 0 Å². The summed E-state index contributed by atoms with van der Waals surface area (Å²) in [6, 6.07) is 0. The lowest BCUT2D eigenvalue weighted by Crippen LogP contribution is -2.30. The van der Waals surface area contributed by atoms with Gasteiger partial charge in [0.15, 0.2) is 6.10 Å². The summed E-state index contributed by atoms with van der Waals surface area (Å²) in [5.74, 6) is -0.864. The van der Waals surface area contributed by atoms with Crippen molar-refractivity contribution < 1.29 is 28.6 Å². The Bertz CT molecular complexity index is 1350. The zero-order chi connectivity index (χ0) is 58.5. The molecule has 0 spiro atoms. The molecule has 0 aromatic rings. The van der Waals surface area contributed by atoms with Crippen molar-refractivity contribution in [3.05, 3.63) is 36.5 Å². The molecule has 0 N–H and O–H groups in total. The predicted octanol–water partition coefficient (Wildman–Crippen LogP) is 25.1. The van der Waals surface area contributed by atoms with Crippen molar-refractivity contribution in [3.8, 4) is 0 Å². The van der Waals surface area contributed by atoms with E-state index in [9.17, 15) is 14.4 Å². The van der Waals surface area contributed by atoms with Gasteiger partial charge in [0.1, 0.15) is 13.2 Å². The third-order valence-electron chi connectivity index (χ3n) is 16.6. The maximum absolute atomic E-state index is 12.9. The molecule has 0 aliphatic carbocycles. The average molecular weight is 1140 g/mol. The Hall–Kier alpha value is -2.37. The van der Waals surface area contributed by atoms with E-state index in [0.717, 1.165) is 77.0 Å². The van der Waals surface area contributed by atoms with Crippen molar-refractivity contribution in [2.24, 2.45) is 0 Å². The summed E-state index contributed by atoms with van der Waals surface area (Å²) in [5.41, 5.74) is 0. The van der Waals surface area contributed by atoms with Gasteiger partial charge >= 0.3 is 17.9 Å². The molecule has 0 bridgehead atoms. The number of rotatable bonds is 68. The molecule has 476 valence electrons. The minimum absolute atomic E-state index is 0.0708. The Morgan fingerprint density at radius 3 is 0.691 bits per heavy atom. The van der Waals surface area contributed by atoms with Crippen LogP contribution >= 0.6 is 0 Å². The summed E-state index contributed by atoms with van der Waals surface area (Å²) >= 11 is 0. The summed E-state index contributed by atoms with van der Waals surface area (Å²) in [7, 11) is 0. The molecule has 0 rings (SSSR count). The van der Waals surface area contributed by atoms with E-state index in [1.165, 1.54) is 289 Å². The SMILES string of the molecule is CCCCCCC/C=C\C/C=C\C/C=C\CCCCCCCCCCC(=O)OC(COC(=O)CCCCCCCC)COC(=O)CCCCCCCCCCCCCCCCCCCCCCCCCCCCCCCCCCCC. The second-order valence-corrected chi connectivity index (χ2v) is 24.9. The van der Waals surface area contributed by atoms with Gasteiger partial charge in [0.05, 0.1) is 0 Å². The summed E-state index contributed by atoms with van der Waals surface area (Å²) in [6.45, 7) is 6.63. The second-order valence-electron chi connectivity index (χ2n) is 24.9. The Balaban J connectivity index is 3.93. The van der Waals surface area contributed by atoms with E-state index in [2.05, 4.69) is 57.2 Å². The minimum atomic E-state index is -0.772. The fourth-order valence-electron chi connectivity index (χ4n) is 11.2. The van der Waals surface area contributed by atoms with Gasteiger partial charge in [-0.2, -0.15) is 0 Å². The molecule has 0 aliphatic rings. The number of allylic oxidation sites excluding steroid dienone is 6. The first-order valence-corrected chi connectivity index (χ1v) is 36.5. The van der Waals surface area contributed by atoms with Crippen LogP contribution in [0.4, 0.5) is 0 Å². The van der Waals surface area contributed by atoms with Crippen molar-refractivity contribution in [1.82, 2.24) is 0 Å². The van der Waals surface area contributed by atoms with Crippen molar-refractivity contribution in [3.63, 3.8) is 0 Å². The maximum atomic E-state index is 12.9. The van der Waals surface area contributed by atoms with Crippen LogP contribution in [0.1, 0.15) is 406 Å². The van der Waals surface area contributed by atoms with Gasteiger partial charge in [-0.25, -0.2) is 0 Å². The molecule has 6 heteroatoms. The second kappa shape index (κ2) is 70.1. The van der Waals surface area contributed by atoms with E-state index in [-0.39, 0.29) is 31.1 Å². The molecule has 0 aliphatic heterocycles. The number of ether oxygens (including phenoxy) is 3. The average Bonchev–Trinajstić information content (AvgIpc) is 3.47. The van der Waals surface area contributed by atoms with Crippen LogP contribution in [-0.4, -0.2) is 37.2 Å². The van der Waals surface area contributed by atoms with E-state index in [4.69, 9.17) is 14.2 Å². The zero-order valence-corrected chi connectivity index (χ0v) is 54.8. The first-order chi connectivity index (χ1) is 40.0. The van der Waals surface area contributed by atoms with Crippen LogP contribution in [0.5, 0.6) is 0 Å². The number of carbonyl (C=O) groups excluding carboxylic acids is 3. The summed E-state index contributed by atoms with van der Waals surface area (Å²) in [6.07, 6.45) is 88.1. The van der Waals surface area contributed by atoms with Gasteiger partial charge in [0.25, 0.3) is 0 Å². The molecule has 0 radical (unpaired) electrons. The topological polar surface area (TPSA) is 78.9 Å². The van der Waals surface area contributed by atoms with E-state index < -0.39 is 6.10 Å². The molecule has 6 nitrogen and oxygen atoms in total. The van der Waals surface area contributed by atoms with E-state index >= 15 is 0 Å². The van der Waals surface area contributed by atoms with Crippen molar-refractivity contribution in [2.75, 3.05) is 13.2 Å². The van der Waals surface area contributed by atoms with Gasteiger partial charge in [-0.1, -0.05) is 365 Å². The summed E-state index contributed by atoms with van der Waals surface area (Å²) in [5, 5.41) is 0. The molecular formula is C75H140O6.